The van der Waals surface area contributed by atoms with E-state index in [1.165, 1.54) is 7.11 Å². The minimum atomic E-state index is -0.126. The van der Waals surface area contributed by atoms with Crippen LogP contribution >= 0.6 is 0 Å². The Labute approximate surface area is 157 Å². The smallest absolute Gasteiger partial charge is 0.308 e. The molecule has 27 heavy (non-hydrogen) atoms. The molecule has 1 fully saturated rings. The SMILES string of the molecule is CN=C(NCCc1noc(-c2ccccn2)n1)N1CCC(C(=O)OC)CC1. The number of likely N-dealkylation sites (tertiary alicyclic amines) is 1. The number of piperidine rings is 1. The second kappa shape index (κ2) is 9.11. The number of nitrogens with zero attached hydrogens (tertiary/aromatic N) is 5. The molecule has 0 aromatic carbocycles. The zero-order valence-corrected chi connectivity index (χ0v) is 15.6. The molecule has 9 nitrogen and oxygen atoms in total. The molecule has 2 aromatic heterocycles. The summed E-state index contributed by atoms with van der Waals surface area (Å²) in [6.45, 7) is 2.17. The van der Waals surface area contributed by atoms with Crippen LogP contribution in [0.2, 0.25) is 0 Å². The van der Waals surface area contributed by atoms with Gasteiger partial charge in [0.15, 0.2) is 11.8 Å². The Bertz CT molecular complexity index is 768. The summed E-state index contributed by atoms with van der Waals surface area (Å²) >= 11 is 0. The third-order valence-electron chi connectivity index (χ3n) is 4.52. The van der Waals surface area contributed by atoms with Crippen LogP contribution in [0.3, 0.4) is 0 Å². The van der Waals surface area contributed by atoms with E-state index >= 15 is 0 Å². The molecule has 0 amide bonds. The zero-order valence-electron chi connectivity index (χ0n) is 15.6. The van der Waals surface area contributed by atoms with Crippen molar-refractivity contribution >= 4 is 11.9 Å². The van der Waals surface area contributed by atoms with E-state index in [1.807, 2.05) is 18.2 Å². The predicted molar refractivity (Wildman–Crippen MR) is 98.9 cm³/mol. The zero-order chi connectivity index (χ0) is 19.1. The summed E-state index contributed by atoms with van der Waals surface area (Å²) < 4.78 is 10.1. The molecule has 0 unspecified atom stereocenters. The number of hydrogen-bond acceptors (Lipinski definition) is 7. The minimum Gasteiger partial charge on any atom is -0.469 e. The summed E-state index contributed by atoms with van der Waals surface area (Å²) in [5, 5.41) is 7.31. The van der Waals surface area contributed by atoms with Crippen LogP contribution in [0.4, 0.5) is 0 Å². The van der Waals surface area contributed by atoms with Gasteiger partial charge in [-0.05, 0) is 25.0 Å². The number of carbonyl (C=O) groups excluding carboxylic acids is 1. The van der Waals surface area contributed by atoms with Crippen LogP contribution in [0.1, 0.15) is 18.7 Å². The van der Waals surface area contributed by atoms with Crippen LogP contribution in [0, 0.1) is 5.92 Å². The largest absolute Gasteiger partial charge is 0.469 e. The van der Waals surface area contributed by atoms with Crippen LogP contribution in [0.15, 0.2) is 33.9 Å². The van der Waals surface area contributed by atoms with Crippen molar-refractivity contribution in [1.29, 1.82) is 0 Å². The molecule has 2 aromatic rings. The molecule has 0 atom stereocenters. The highest BCUT2D eigenvalue weighted by atomic mass is 16.5. The fraction of sp³-hybridized carbons (Fsp3) is 0.500. The summed E-state index contributed by atoms with van der Waals surface area (Å²) in [6.07, 6.45) is 3.83. The molecule has 3 rings (SSSR count). The third kappa shape index (κ3) is 4.81. The Morgan fingerprint density at radius 2 is 2.22 bits per heavy atom. The first-order chi connectivity index (χ1) is 13.2. The normalized spacial score (nSPS) is 15.6. The molecule has 9 heteroatoms. The molecule has 1 aliphatic rings. The Morgan fingerprint density at radius 3 is 2.89 bits per heavy atom. The fourth-order valence-corrected chi connectivity index (χ4v) is 3.06. The monoisotopic (exact) mass is 372 g/mol. The molecule has 0 bridgehead atoms. The average molecular weight is 372 g/mol. The molecule has 1 saturated heterocycles. The number of aliphatic imine (C=N–C) groups is 1. The van der Waals surface area contributed by atoms with Crippen molar-refractivity contribution in [2.75, 3.05) is 33.8 Å². The van der Waals surface area contributed by atoms with Crippen LogP contribution < -0.4 is 5.32 Å². The molecule has 0 saturated carbocycles. The summed E-state index contributed by atoms with van der Waals surface area (Å²) in [5.41, 5.74) is 0.661. The summed E-state index contributed by atoms with van der Waals surface area (Å²) in [7, 11) is 3.19. The van der Waals surface area contributed by atoms with Crippen molar-refractivity contribution in [1.82, 2.24) is 25.3 Å². The van der Waals surface area contributed by atoms with E-state index in [1.54, 1.807) is 13.2 Å². The Kier molecular flexibility index (Phi) is 6.35. The minimum absolute atomic E-state index is 0.0197. The first kappa shape index (κ1) is 18.8. The number of hydrogen-bond donors (Lipinski definition) is 1. The number of ether oxygens (including phenoxy) is 1. The lowest BCUT2D eigenvalue weighted by Crippen LogP contribution is -2.47. The van der Waals surface area contributed by atoms with Crippen molar-refractivity contribution < 1.29 is 14.1 Å². The molecule has 0 radical (unpaired) electrons. The number of methoxy groups -OCH3 is 1. The van der Waals surface area contributed by atoms with E-state index < -0.39 is 0 Å². The van der Waals surface area contributed by atoms with E-state index in [2.05, 4.69) is 30.3 Å². The van der Waals surface area contributed by atoms with E-state index in [-0.39, 0.29) is 11.9 Å². The Morgan fingerprint density at radius 1 is 1.41 bits per heavy atom. The van der Waals surface area contributed by atoms with Crippen molar-refractivity contribution in [3.05, 3.63) is 30.2 Å². The number of pyridine rings is 1. The summed E-state index contributed by atoms with van der Waals surface area (Å²) in [6, 6.07) is 5.54. The number of aromatic nitrogens is 3. The van der Waals surface area contributed by atoms with Gasteiger partial charge in [-0.1, -0.05) is 11.2 Å². The van der Waals surface area contributed by atoms with E-state index in [9.17, 15) is 4.79 Å². The maximum Gasteiger partial charge on any atom is 0.308 e. The van der Waals surface area contributed by atoms with Gasteiger partial charge in [0, 0.05) is 39.3 Å². The number of esters is 1. The Hall–Kier alpha value is -2.97. The number of nitrogens with one attached hydrogen (secondary N) is 1. The van der Waals surface area contributed by atoms with Crippen molar-refractivity contribution in [3.63, 3.8) is 0 Å². The first-order valence-electron chi connectivity index (χ1n) is 8.98. The predicted octanol–water partition coefficient (Wildman–Crippen LogP) is 1.13. The molecule has 0 spiro atoms. The van der Waals surface area contributed by atoms with E-state index in [0.29, 0.717) is 30.4 Å². The van der Waals surface area contributed by atoms with Crippen LogP contribution in [-0.4, -0.2) is 65.7 Å². The maximum absolute atomic E-state index is 11.6. The molecular formula is C18H24N6O3. The second-order valence-electron chi connectivity index (χ2n) is 6.24. The first-order valence-corrected chi connectivity index (χ1v) is 8.98. The number of rotatable bonds is 5. The highest BCUT2D eigenvalue weighted by Gasteiger charge is 2.26. The maximum atomic E-state index is 11.6. The lowest BCUT2D eigenvalue weighted by Gasteiger charge is -2.33. The third-order valence-corrected chi connectivity index (χ3v) is 4.52. The van der Waals surface area contributed by atoms with Gasteiger partial charge in [0.2, 0.25) is 0 Å². The van der Waals surface area contributed by atoms with Gasteiger partial charge in [-0.25, -0.2) is 0 Å². The fourth-order valence-electron chi connectivity index (χ4n) is 3.06. The van der Waals surface area contributed by atoms with Gasteiger partial charge < -0.3 is 19.5 Å². The summed E-state index contributed by atoms with van der Waals surface area (Å²) in [4.78, 5) is 26.7. The molecule has 3 heterocycles. The van der Waals surface area contributed by atoms with Crippen LogP contribution in [0.25, 0.3) is 11.6 Å². The Balaban J connectivity index is 1.47. The van der Waals surface area contributed by atoms with Crippen LogP contribution in [-0.2, 0) is 16.0 Å². The average Bonchev–Trinajstić information content (AvgIpc) is 3.20. The van der Waals surface area contributed by atoms with Crippen LogP contribution in [0.5, 0.6) is 0 Å². The van der Waals surface area contributed by atoms with Gasteiger partial charge in [-0.3, -0.25) is 14.8 Å². The van der Waals surface area contributed by atoms with E-state index in [0.717, 1.165) is 31.9 Å². The van der Waals surface area contributed by atoms with Gasteiger partial charge in [0.25, 0.3) is 5.89 Å². The van der Waals surface area contributed by atoms with Crippen molar-refractivity contribution in [3.8, 4) is 11.6 Å². The molecular weight excluding hydrogens is 348 g/mol. The highest BCUT2D eigenvalue weighted by Crippen LogP contribution is 2.18. The van der Waals surface area contributed by atoms with Gasteiger partial charge in [-0.2, -0.15) is 4.98 Å². The standard InChI is InChI=1S/C18H24N6O3/c1-19-18(24-11-7-13(8-12-24)17(25)26-2)21-10-6-15-22-16(27-23-15)14-5-3-4-9-20-14/h3-5,9,13H,6-8,10-12H2,1-2H3,(H,19,21). The van der Waals surface area contributed by atoms with Gasteiger partial charge in [0.1, 0.15) is 5.69 Å². The molecule has 0 aliphatic carbocycles. The topological polar surface area (TPSA) is 106 Å². The molecule has 1 N–H and O–H groups in total. The van der Waals surface area contributed by atoms with Crippen molar-refractivity contribution in [2.24, 2.45) is 10.9 Å². The lowest BCUT2D eigenvalue weighted by molar-refractivity contribution is -0.146. The lowest BCUT2D eigenvalue weighted by atomic mass is 9.97. The van der Waals surface area contributed by atoms with E-state index in [4.69, 9.17) is 9.26 Å². The second-order valence-corrected chi connectivity index (χ2v) is 6.24. The molecule has 1 aliphatic heterocycles. The quantitative estimate of drug-likeness (QED) is 0.473. The van der Waals surface area contributed by atoms with Gasteiger partial charge in [-0.15, -0.1) is 0 Å². The van der Waals surface area contributed by atoms with Gasteiger partial charge in [0.05, 0.1) is 13.0 Å². The molecule has 144 valence electrons. The highest BCUT2D eigenvalue weighted by molar-refractivity contribution is 5.80. The number of guanidine groups is 1. The van der Waals surface area contributed by atoms with Crippen molar-refractivity contribution in [2.45, 2.75) is 19.3 Å². The number of carbonyl (C=O) groups is 1. The van der Waals surface area contributed by atoms with Gasteiger partial charge >= 0.3 is 5.97 Å². The summed E-state index contributed by atoms with van der Waals surface area (Å²) in [5.74, 6) is 1.70.